The molecule has 0 bridgehead atoms. The number of hydrogen-bond acceptors (Lipinski definition) is 8. The highest BCUT2D eigenvalue weighted by Crippen LogP contribution is 2.31. The lowest BCUT2D eigenvalue weighted by atomic mass is 9.88. The molecule has 0 spiro atoms. The second-order valence-electron chi connectivity index (χ2n) is 20.0. The SMILES string of the molecule is Cc1c(C)c(C)c(C)c(C)c1C.Cc1cc(C(=O)O)c(N)c(C)c1C.Cc1cc(C(=O)c2cc(C)c(C)c(C)c2N)c(C)c(C)c1C.Cc1cc2c(=O)oc(-c3ccccc3)nc2c(C)c1C.O=C(Cl)c1ccccc1. The maximum absolute atomic E-state index is 13.0. The molecule has 10 heteroatoms. The number of fused-ring (bicyclic) bond motifs is 1. The molecule has 1 aromatic heterocycles. The number of halogens is 1. The summed E-state index contributed by atoms with van der Waals surface area (Å²) in [5.74, 6) is -0.578. The van der Waals surface area contributed by atoms with Crippen molar-refractivity contribution in [1.29, 1.82) is 0 Å². The van der Waals surface area contributed by atoms with Crippen LogP contribution in [0.1, 0.15) is 142 Å². The van der Waals surface area contributed by atoms with Crippen molar-refractivity contribution in [3.8, 4) is 11.5 Å². The van der Waals surface area contributed by atoms with E-state index in [0.717, 1.165) is 77.8 Å². The van der Waals surface area contributed by atoms with Gasteiger partial charge in [0.1, 0.15) is 0 Å². The van der Waals surface area contributed by atoms with Gasteiger partial charge in [0.2, 0.25) is 5.89 Å². The van der Waals surface area contributed by atoms with Crippen LogP contribution in [0.5, 0.6) is 0 Å². The van der Waals surface area contributed by atoms with Crippen LogP contribution in [0.2, 0.25) is 0 Å². The Kier molecular flexibility index (Phi) is 20.6. The first-order chi connectivity index (χ1) is 35.5. The van der Waals surface area contributed by atoms with Gasteiger partial charge < -0.3 is 21.0 Å². The fraction of sp³-hybridized carbons (Fsp3) is 0.288. The predicted octanol–water partition coefficient (Wildman–Crippen LogP) is 15.9. The highest BCUT2D eigenvalue weighted by Gasteiger charge is 2.21. The minimum Gasteiger partial charge on any atom is -0.478 e. The number of aromatic nitrogens is 1. The first-order valence-corrected chi connectivity index (χ1v) is 25.7. The van der Waals surface area contributed by atoms with Gasteiger partial charge in [-0.25, -0.2) is 14.6 Å². The van der Waals surface area contributed by atoms with E-state index in [0.29, 0.717) is 33.8 Å². The van der Waals surface area contributed by atoms with Crippen molar-refractivity contribution in [2.45, 2.75) is 132 Å². The standard InChI is InChI=1S/C20H25NO.C17H15NO2.C12H18.C10H13NO2.C7H5ClO/c1-10-8-17(15(6)14(5)12(10)3)20(22)18-9-11(2)13(4)16(7)19(18)21;1-10-9-14-15(12(3)11(10)2)18-16(20-17(14)19)13-7-5-4-6-8-13;1-7-8(2)10(4)12(6)11(5)9(7)3;1-5-4-8(10(12)13)9(11)7(3)6(5)2;8-7(9)6-4-2-1-3-5-6/h8-9H,21H2,1-7H3;4-9H,1-3H3;1-6H3;4H,11H2,1-3H3,(H,12,13);1-5H. The van der Waals surface area contributed by atoms with Gasteiger partial charge in [0, 0.05) is 33.6 Å². The van der Waals surface area contributed by atoms with Gasteiger partial charge in [-0.05, 0) is 285 Å². The highest BCUT2D eigenvalue weighted by molar-refractivity contribution is 6.67. The van der Waals surface area contributed by atoms with Crippen molar-refractivity contribution in [2.24, 2.45) is 0 Å². The van der Waals surface area contributed by atoms with Gasteiger partial charge in [-0.15, -0.1) is 0 Å². The molecule has 7 aromatic carbocycles. The number of benzene rings is 7. The van der Waals surface area contributed by atoms with E-state index in [2.05, 4.69) is 60.4 Å². The summed E-state index contributed by atoms with van der Waals surface area (Å²) in [5.41, 5.74) is 38.9. The first-order valence-electron chi connectivity index (χ1n) is 25.3. The van der Waals surface area contributed by atoms with Gasteiger partial charge in [0.05, 0.1) is 16.5 Å². The summed E-state index contributed by atoms with van der Waals surface area (Å²) in [5, 5.41) is 8.97. The van der Waals surface area contributed by atoms with E-state index in [1.807, 2.05) is 131 Å². The molecule has 5 N–H and O–H groups in total. The van der Waals surface area contributed by atoms with Crippen LogP contribution in [-0.4, -0.2) is 27.1 Å². The lowest BCUT2D eigenvalue weighted by molar-refractivity contribution is 0.0697. The smallest absolute Gasteiger partial charge is 0.347 e. The fourth-order valence-electron chi connectivity index (χ4n) is 8.76. The molecule has 0 unspecified atom stereocenters. The summed E-state index contributed by atoms with van der Waals surface area (Å²) < 4.78 is 5.36. The Labute approximate surface area is 455 Å². The lowest BCUT2D eigenvalue weighted by Crippen LogP contribution is -2.11. The van der Waals surface area contributed by atoms with E-state index < -0.39 is 11.2 Å². The molecule has 0 radical (unpaired) electrons. The molecule has 76 heavy (non-hydrogen) atoms. The number of nitrogen functional groups attached to an aromatic ring is 2. The fourth-order valence-corrected chi connectivity index (χ4v) is 8.88. The maximum Gasteiger partial charge on any atom is 0.347 e. The van der Waals surface area contributed by atoms with E-state index in [1.165, 1.54) is 44.5 Å². The molecule has 0 fully saturated rings. The molecular formula is C66H76ClN3O6. The van der Waals surface area contributed by atoms with Gasteiger partial charge in [0.25, 0.3) is 5.24 Å². The average molecular weight is 1040 g/mol. The maximum atomic E-state index is 13.0. The third-order valence-electron chi connectivity index (χ3n) is 15.8. The molecule has 8 aromatic rings. The van der Waals surface area contributed by atoms with Crippen molar-refractivity contribution in [2.75, 3.05) is 11.5 Å². The van der Waals surface area contributed by atoms with Crippen molar-refractivity contribution in [3.63, 3.8) is 0 Å². The molecule has 8 rings (SSSR count). The van der Waals surface area contributed by atoms with E-state index in [9.17, 15) is 19.2 Å². The number of aryl methyl sites for hydroxylation is 5. The first kappa shape index (κ1) is 60.9. The number of nitrogens with two attached hydrogens (primary N) is 2. The number of hydrogen-bond donors (Lipinski definition) is 3. The number of carboxylic acid groups (broad SMARTS) is 1. The van der Waals surface area contributed by atoms with Gasteiger partial charge in [-0.3, -0.25) is 9.59 Å². The molecule has 398 valence electrons. The van der Waals surface area contributed by atoms with Crippen molar-refractivity contribution in [3.05, 3.63) is 223 Å². The molecule has 0 saturated heterocycles. The molecular weight excluding hydrogens is 966 g/mol. The van der Waals surface area contributed by atoms with Crippen LogP contribution in [0, 0.1) is 132 Å². The average Bonchev–Trinajstić information content (AvgIpc) is 3.40. The number of anilines is 2. The Bertz CT molecular complexity index is 3400. The Morgan fingerprint density at radius 3 is 1.22 bits per heavy atom. The summed E-state index contributed by atoms with van der Waals surface area (Å²) >= 11 is 5.16. The Morgan fingerprint density at radius 2 is 0.803 bits per heavy atom. The number of aromatic carboxylic acids is 1. The predicted molar refractivity (Wildman–Crippen MR) is 317 cm³/mol. The minimum atomic E-state index is -0.969. The van der Waals surface area contributed by atoms with E-state index in [1.54, 1.807) is 30.3 Å². The topological polar surface area (TPSA) is 167 Å². The number of ketones is 1. The van der Waals surface area contributed by atoms with Gasteiger partial charge in [-0.2, -0.15) is 0 Å². The van der Waals surface area contributed by atoms with E-state index >= 15 is 0 Å². The second-order valence-corrected chi connectivity index (χ2v) is 20.3. The lowest BCUT2D eigenvalue weighted by Gasteiger charge is -2.17. The Hall–Kier alpha value is -7.62. The largest absolute Gasteiger partial charge is 0.478 e. The number of carbonyl (C=O) groups is 3. The van der Waals surface area contributed by atoms with Crippen LogP contribution in [-0.2, 0) is 0 Å². The van der Waals surface area contributed by atoms with Gasteiger partial charge in [-0.1, -0.05) is 48.5 Å². The van der Waals surface area contributed by atoms with Crippen molar-refractivity contribution < 1.29 is 23.9 Å². The summed E-state index contributed by atoms with van der Waals surface area (Å²) in [6.45, 7) is 39.2. The van der Waals surface area contributed by atoms with Crippen LogP contribution in [0.15, 0.2) is 94.1 Å². The summed E-state index contributed by atoms with van der Waals surface area (Å²) in [6, 6.07) is 25.6. The molecule has 1 heterocycles. The van der Waals surface area contributed by atoms with Crippen LogP contribution in [0.3, 0.4) is 0 Å². The van der Waals surface area contributed by atoms with Gasteiger partial charge >= 0.3 is 11.6 Å². The van der Waals surface area contributed by atoms with Crippen LogP contribution in [0.25, 0.3) is 22.4 Å². The second kappa shape index (κ2) is 25.7. The number of carbonyl (C=O) groups excluding carboxylic acids is 2. The number of carboxylic acids is 1. The molecule has 0 saturated carbocycles. The molecule has 0 amide bonds. The zero-order valence-electron chi connectivity index (χ0n) is 48.1. The summed E-state index contributed by atoms with van der Waals surface area (Å²) in [6.07, 6.45) is 0. The zero-order chi connectivity index (χ0) is 57.4. The van der Waals surface area contributed by atoms with Gasteiger partial charge in [0.15, 0.2) is 5.78 Å². The molecule has 0 aliphatic heterocycles. The summed E-state index contributed by atoms with van der Waals surface area (Å²) in [7, 11) is 0. The molecule has 0 atom stereocenters. The highest BCUT2D eigenvalue weighted by atomic mass is 35.5. The zero-order valence-corrected chi connectivity index (χ0v) is 48.8. The van der Waals surface area contributed by atoms with E-state index in [4.69, 9.17) is 32.6 Å². The van der Waals surface area contributed by atoms with Crippen molar-refractivity contribution in [1.82, 2.24) is 4.98 Å². The monoisotopic (exact) mass is 1040 g/mol. The third-order valence-corrected chi connectivity index (χ3v) is 16.0. The Balaban J connectivity index is 0.000000213. The molecule has 0 aliphatic rings. The minimum absolute atomic E-state index is 0.0207. The van der Waals surface area contributed by atoms with Crippen LogP contribution >= 0.6 is 11.6 Å². The third kappa shape index (κ3) is 13.6. The quantitative estimate of drug-likeness (QED) is 0.0864. The molecule has 9 nitrogen and oxygen atoms in total. The normalized spacial score (nSPS) is 10.5. The number of rotatable bonds is 5. The Morgan fingerprint density at radius 1 is 0.447 bits per heavy atom. The summed E-state index contributed by atoms with van der Waals surface area (Å²) in [4.78, 5) is 50.9. The number of nitrogens with zero attached hydrogens (tertiary/aromatic N) is 1. The molecule has 0 aliphatic carbocycles. The van der Waals surface area contributed by atoms with Crippen LogP contribution in [0.4, 0.5) is 11.4 Å². The van der Waals surface area contributed by atoms with E-state index in [-0.39, 0.29) is 17.0 Å². The van der Waals surface area contributed by atoms with Crippen molar-refractivity contribution >= 4 is 50.9 Å². The van der Waals surface area contributed by atoms with Crippen LogP contribution < -0.4 is 17.1 Å².